The second-order valence-electron chi connectivity index (χ2n) is 7.25. The Morgan fingerprint density at radius 2 is 1.85 bits per heavy atom. The molecule has 0 aliphatic heterocycles. The maximum Gasteiger partial charge on any atom is 0.318 e. The van der Waals surface area contributed by atoms with Gasteiger partial charge in [-0.05, 0) is 36.4 Å². The summed E-state index contributed by atoms with van der Waals surface area (Å²) in [6, 6.07) is 14.7. The number of carbonyl (C=O) groups excluding carboxylic acids is 2. The van der Waals surface area contributed by atoms with Crippen molar-refractivity contribution in [2.75, 3.05) is 31.4 Å². The highest BCUT2D eigenvalue weighted by Gasteiger charge is 2.17. The molecule has 3 amide bonds. The molecule has 4 rings (SSSR count). The van der Waals surface area contributed by atoms with Gasteiger partial charge in [0.15, 0.2) is 11.6 Å². The van der Waals surface area contributed by atoms with Crippen LogP contribution in [0.2, 0.25) is 0 Å². The quantitative estimate of drug-likeness (QED) is 0.481. The zero-order chi connectivity index (χ0) is 23.5. The van der Waals surface area contributed by atoms with Gasteiger partial charge in [-0.1, -0.05) is 12.1 Å². The van der Waals surface area contributed by atoms with Gasteiger partial charge in [0.05, 0.1) is 24.6 Å². The van der Waals surface area contributed by atoms with Crippen LogP contribution in [0, 0.1) is 5.82 Å². The average molecular weight is 447 g/mol. The molecule has 2 aromatic carbocycles. The Labute approximate surface area is 189 Å². The lowest BCUT2D eigenvalue weighted by molar-refractivity contribution is 0.0992. The Hall–Kier alpha value is -4.40. The Bertz CT molecular complexity index is 1330. The summed E-state index contributed by atoms with van der Waals surface area (Å²) in [5.74, 6) is -0.702. The van der Waals surface area contributed by atoms with E-state index in [4.69, 9.17) is 4.74 Å². The molecule has 4 aromatic rings. The zero-order valence-electron chi connectivity index (χ0n) is 18.3. The lowest BCUT2D eigenvalue weighted by Gasteiger charge is -2.18. The molecule has 9 heteroatoms. The first-order valence-corrected chi connectivity index (χ1v) is 10.1. The van der Waals surface area contributed by atoms with E-state index in [0.717, 1.165) is 11.3 Å². The van der Waals surface area contributed by atoms with E-state index < -0.39 is 5.82 Å². The molecule has 0 saturated heterocycles. The van der Waals surface area contributed by atoms with Gasteiger partial charge < -0.3 is 20.3 Å². The fourth-order valence-corrected chi connectivity index (χ4v) is 3.41. The lowest BCUT2D eigenvalue weighted by atomic mass is 10.1. The SMILES string of the molecule is CNC(=O)Nc1ccc(-c2cnc3ccc(C(=O)N(C)c4ccc(F)c(OC)c4)cn23)cc1. The summed E-state index contributed by atoms with van der Waals surface area (Å²) in [6.45, 7) is 0. The van der Waals surface area contributed by atoms with E-state index in [1.165, 1.54) is 30.2 Å². The molecule has 2 aromatic heterocycles. The first-order chi connectivity index (χ1) is 15.9. The van der Waals surface area contributed by atoms with Gasteiger partial charge >= 0.3 is 6.03 Å². The van der Waals surface area contributed by atoms with E-state index in [1.54, 1.807) is 50.8 Å². The van der Waals surface area contributed by atoms with E-state index >= 15 is 0 Å². The summed E-state index contributed by atoms with van der Waals surface area (Å²) in [7, 11) is 4.54. The number of ether oxygens (including phenoxy) is 1. The van der Waals surface area contributed by atoms with Crippen molar-refractivity contribution in [3.63, 3.8) is 0 Å². The number of amides is 3. The number of aromatic nitrogens is 2. The minimum Gasteiger partial charge on any atom is -0.494 e. The Morgan fingerprint density at radius 3 is 2.55 bits per heavy atom. The van der Waals surface area contributed by atoms with Crippen molar-refractivity contribution < 1.29 is 18.7 Å². The number of fused-ring (bicyclic) bond motifs is 1. The molecule has 2 N–H and O–H groups in total. The van der Waals surface area contributed by atoms with Crippen molar-refractivity contribution >= 4 is 29.0 Å². The van der Waals surface area contributed by atoms with Gasteiger partial charge in [0.25, 0.3) is 5.91 Å². The third-order valence-electron chi connectivity index (χ3n) is 5.24. The highest BCUT2D eigenvalue weighted by Crippen LogP contribution is 2.26. The van der Waals surface area contributed by atoms with Gasteiger partial charge in [-0.25, -0.2) is 14.2 Å². The number of carbonyl (C=O) groups is 2. The van der Waals surface area contributed by atoms with Crippen molar-refractivity contribution in [3.05, 3.63) is 78.4 Å². The summed E-state index contributed by atoms with van der Waals surface area (Å²) >= 11 is 0. The lowest BCUT2D eigenvalue weighted by Crippen LogP contribution is -2.26. The van der Waals surface area contributed by atoms with Crippen molar-refractivity contribution in [3.8, 4) is 17.0 Å². The number of rotatable bonds is 5. The van der Waals surface area contributed by atoms with Crippen molar-refractivity contribution in [2.24, 2.45) is 0 Å². The topological polar surface area (TPSA) is 88.0 Å². The predicted molar refractivity (Wildman–Crippen MR) is 124 cm³/mol. The monoisotopic (exact) mass is 447 g/mol. The number of halogens is 1. The number of hydrogen-bond acceptors (Lipinski definition) is 4. The Morgan fingerprint density at radius 1 is 1.09 bits per heavy atom. The van der Waals surface area contributed by atoms with E-state index in [0.29, 0.717) is 22.6 Å². The van der Waals surface area contributed by atoms with Crippen LogP contribution in [0.25, 0.3) is 16.9 Å². The summed E-state index contributed by atoms with van der Waals surface area (Å²) in [5, 5.41) is 5.21. The molecule has 0 radical (unpaired) electrons. The minimum atomic E-state index is -0.497. The summed E-state index contributed by atoms with van der Waals surface area (Å²) in [4.78, 5) is 30.5. The van der Waals surface area contributed by atoms with Gasteiger partial charge in [-0.2, -0.15) is 0 Å². The largest absolute Gasteiger partial charge is 0.494 e. The summed E-state index contributed by atoms with van der Waals surface area (Å²) in [5.41, 5.74) is 3.93. The number of pyridine rings is 1. The van der Waals surface area contributed by atoms with Gasteiger partial charge in [-0.3, -0.25) is 9.20 Å². The first kappa shape index (κ1) is 21.8. The van der Waals surface area contributed by atoms with Gasteiger partial charge in [0.1, 0.15) is 5.65 Å². The Balaban J connectivity index is 1.64. The van der Waals surface area contributed by atoms with E-state index in [-0.39, 0.29) is 17.7 Å². The van der Waals surface area contributed by atoms with Gasteiger partial charge in [0.2, 0.25) is 0 Å². The van der Waals surface area contributed by atoms with Crippen LogP contribution in [0.15, 0.2) is 67.0 Å². The maximum atomic E-state index is 13.7. The van der Waals surface area contributed by atoms with E-state index in [1.807, 2.05) is 16.5 Å². The first-order valence-electron chi connectivity index (χ1n) is 10.1. The second kappa shape index (κ2) is 8.99. The zero-order valence-corrected chi connectivity index (χ0v) is 18.3. The molecular formula is C24H22FN5O3. The predicted octanol–water partition coefficient (Wildman–Crippen LogP) is 4.18. The third kappa shape index (κ3) is 4.33. The smallest absolute Gasteiger partial charge is 0.318 e. The van der Waals surface area contributed by atoms with Crippen LogP contribution in [0.4, 0.5) is 20.6 Å². The fraction of sp³-hybridized carbons (Fsp3) is 0.125. The van der Waals surface area contributed by atoms with Crippen LogP contribution in [-0.2, 0) is 0 Å². The van der Waals surface area contributed by atoms with Crippen LogP contribution in [0.3, 0.4) is 0 Å². The van der Waals surface area contributed by atoms with Crippen LogP contribution < -0.4 is 20.3 Å². The van der Waals surface area contributed by atoms with Gasteiger partial charge in [-0.15, -0.1) is 0 Å². The number of benzene rings is 2. The molecule has 0 aliphatic rings. The second-order valence-corrected chi connectivity index (χ2v) is 7.25. The molecule has 0 unspecified atom stereocenters. The molecule has 0 aliphatic carbocycles. The summed E-state index contributed by atoms with van der Waals surface area (Å²) < 4.78 is 20.6. The van der Waals surface area contributed by atoms with Crippen LogP contribution in [0.1, 0.15) is 10.4 Å². The molecule has 168 valence electrons. The fourth-order valence-electron chi connectivity index (χ4n) is 3.41. The minimum absolute atomic E-state index is 0.0638. The van der Waals surface area contributed by atoms with Crippen molar-refractivity contribution in [1.82, 2.24) is 14.7 Å². The molecule has 0 atom stereocenters. The molecular weight excluding hydrogens is 425 g/mol. The molecule has 8 nitrogen and oxygen atoms in total. The molecule has 0 spiro atoms. The third-order valence-corrected chi connectivity index (χ3v) is 5.24. The number of nitrogens with zero attached hydrogens (tertiary/aromatic N) is 3. The summed E-state index contributed by atoms with van der Waals surface area (Å²) in [6.07, 6.45) is 3.44. The van der Waals surface area contributed by atoms with E-state index in [2.05, 4.69) is 15.6 Å². The highest BCUT2D eigenvalue weighted by atomic mass is 19.1. The van der Waals surface area contributed by atoms with Crippen LogP contribution >= 0.6 is 0 Å². The number of hydrogen-bond donors (Lipinski definition) is 2. The molecule has 0 saturated carbocycles. The molecule has 2 heterocycles. The normalized spacial score (nSPS) is 10.7. The van der Waals surface area contributed by atoms with E-state index in [9.17, 15) is 14.0 Å². The number of imidazole rings is 1. The van der Waals surface area contributed by atoms with Crippen molar-refractivity contribution in [2.45, 2.75) is 0 Å². The number of nitrogens with one attached hydrogen (secondary N) is 2. The van der Waals surface area contributed by atoms with Gasteiger partial charge in [0, 0.05) is 43.3 Å². The van der Waals surface area contributed by atoms with Crippen LogP contribution in [0.5, 0.6) is 5.75 Å². The standard InChI is InChI=1S/C24H22FN5O3/c1-26-24(32)28-17-7-4-15(5-8-17)20-13-27-22-11-6-16(14-30(20)22)23(31)29(2)18-9-10-19(25)21(12-18)33-3/h4-14H,1-3H3,(H2,26,28,32). The highest BCUT2D eigenvalue weighted by molar-refractivity contribution is 6.05. The number of urea groups is 1. The van der Waals surface area contributed by atoms with Crippen LogP contribution in [-0.4, -0.2) is 42.5 Å². The maximum absolute atomic E-state index is 13.7. The number of anilines is 2. The molecule has 0 fully saturated rings. The molecule has 0 bridgehead atoms. The Kier molecular flexibility index (Phi) is 5.95. The molecule has 33 heavy (non-hydrogen) atoms. The van der Waals surface area contributed by atoms with Crippen molar-refractivity contribution in [1.29, 1.82) is 0 Å². The number of methoxy groups -OCH3 is 1. The average Bonchev–Trinajstić information content (AvgIpc) is 3.27.